The van der Waals surface area contributed by atoms with E-state index >= 15 is 0 Å². The number of aromatic nitrogens is 1. The van der Waals surface area contributed by atoms with Gasteiger partial charge in [0.15, 0.2) is 5.76 Å². The average Bonchev–Trinajstić information content (AvgIpc) is 2.92. The molecule has 0 bridgehead atoms. The maximum absolute atomic E-state index is 13.3. The van der Waals surface area contributed by atoms with Crippen LogP contribution in [0.5, 0.6) is 0 Å². The van der Waals surface area contributed by atoms with E-state index in [4.69, 9.17) is 27.9 Å². The number of pyridine rings is 1. The maximum atomic E-state index is 13.3. The largest absolute Gasteiger partial charge is 0.503 e. The summed E-state index contributed by atoms with van der Waals surface area (Å²) in [4.78, 5) is 42.6. The monoisotopic (exact) mass is 559 g/mol. The van der Waals surface area contributed by atoms with Crippen molar-refractivity contribution in [3.63, 3.8) is 0 Å². The summed E-state index contributed by atoms with van der Waals surface area (Å²) in [5.41, 5.74) is -0.0451. The van der Waals surface area contributed by atoms with Gasteiger partial charge in [0.1, 0.15) is 5.54 Å². The van der Waals surface area contributed by atoms with E-state index in [9.17, 15) is 19.5 Å². The van der Waals surface area contributed by atoms with E-state index in [0.29, 0.717) is 30.6 Å². The van der Waals surface area contributed by atoms with Gasteiger partial charge < -0.3 is 20.5 Å². The van der Waals surface area contributed by atoms with Gasteiger partial charge in [0, 0.05) is 24.5 Å². The molecule has 1 saturated carbocycles. The van der Waals surface area contributed by atoms with Crippen LogP contribution in [-0.4, -0.2) is 39.9 Å². The van der Waals surface area contributed by atoms with E-state index < -0.39 is 22.8 Å². The second-order valence-corrected chi connectivity index (χ2v) is 10.6. The Balaban J connectivity index is 1.57. The standard InChI is InChI=1S/C28H31Cl2N3O5/c1-3-28(26(37)38-4-2,33-23-22(34)24(35)27(23)12-6-5-7-13-27)14-17-8-10-18(11-9-17)32-25(36)21-19(29)15-31-16-20(21)30/h8-11,15-16,33-34H,3-7,12-14H2,1-2H3,(H,32,36)/t28-/m0/s1. The molecule has 2 aliphatic rings. The molecule has 0 unspecified atom stereocenters. The Morgan fingerprint density at radius 1 is 1.08 bits per heavy atom. The summed E-state index contributed by atoms with van der Waals surface area (Å²) >= 11 is 12.2. The highest BCUT2D eigenvalue weighted by molar-refractivity contribution is 6.40. The van der Waals surface area contributed by atoms with Crippen molar-refractivity contribution in [1.82, 2.24) is 10.3 Å². The summed E-state index contributed by atoms with van der Waals surface area (Å²) in [5.74, 6) is -1.46. The summed E-state index contributed by atoms with van der Waals surface area (Å²) < 4.78 is 5.45. The van der Waals surface area contributed by atoms with Gasteiger partial charge in [0.25, 0.3) is 5.91 Å². The first kappa shape index (κ1) is 27.9. The smallest absolute Gasteiger partial charge is 0.332 e. The molecule has 1 amide bonds. The number of rotatable bonds is 9. The number of aliphatic hydroxyl groups excluding tert-OH is 1. The number of carbonyl (C=O) groups is 3. The molecular formula is C28H31Cl2N3O5. The number of ketones is 1. The minimum Gasteiger partial charge on any atom is -0.503 e. The number of allylic oxidation sites excluding steroid dienone is 2. The number of benzene rings is 1. The fourth-order valence-electron chi connectivity index (χ4n) is 5.34. The van der Waals surface area contributed by atoms with Crippen LogP contribution >= 0.6 is 23.2 Å². The van der Waals surface area contributed by atoms with E-state index in [1.54, 1.807) is 31.2 Å². The lowest BCUT2D eigenvalue weighted by Gasteiger charge is -2.48. The van der Waals surface area contributed by atoms with E-state index in [0.717, 1.165) is 24.8 Å². The number of ether oxygens (including phenoxy) is 1. The zero-order valence-electron chi connectivity index (χ0n) is 21.4. The predicted octanol–water partition coefficient (Wildman–Crippen LogP) is 5.79. The molecule has 0 saturated heterocycles. The Labute approximate surface area is 231 Å². The van der Waals surface area contributed by atoms with Gasteiger partial charge in [-0.25, -0.2) is 4.79 Å². The van der Waals surface area contributed by atoms with Crippen LogP contribution in [0, 0.1) is 5.41 Å². The summed E-state index contributed by atoms with van der Waals surface area (Å²) in [6.45, 7) is 3.80. The third kappa shape index (κ3) is 5.12. The number of nitrogens with one attached hydrogen (secondary N) is 2. The van der Waals surface area contributed by atoms with Crippen LogP contribution in [0.3, 0.4) is 0 Å². The van der Waals surface area contributed by atoms with Gasteiger partial charge in [-0.2, -0.15) is 0 Å². The molecule has 1 aromatic heterocycles. The van der Waals surface area contributed by atoms with Crippen molar-refractivity contribution in [2.45, 2.75) is 64.3 Å². The first-order chi connectivity index (χ1) is 18.2. The van der Waals surface area contributed by atoms with E-state index in [-0.39, 0.29) is 40.2 Å². The van der Waals surface area contributed by atoms with Crippen LogP contribution in [0.2, 0.25) is 10.0 Å². The number of halogens is 2. The number of hydrogen-bond donors (Lipinski definition) is 3. The first-order valence-electron chi connectivity index (χ1n) is 12.8. The van der Waals surface area contributed by atoms with Gasteiger partial charge in [-0.15, -0.1) is 0 Å². The van der Waals surface area contributed by atoms with Crippen molar-refractivity contribution in [2.75, 3.05) is 11.9 Å². The average molecular weight is 560 g/mol. The second-order valence-electron chi connectivity index (χ2n) is 9.78. The van der Waals surface area contributed by atoms with Gasteiger partial charge in [0.2, 0.25) is 5.78 Å². The Morgan fingerprint density at radius 3 is 2.29 bits per heavy atom. The molecule has 38 heavy (non-hydrogen) atoms. The Hall–Kier alpha value is -3.10. The van der Waals surface area contributed by atoms with Gasteiger partial charge in [-0.05, 0) is 43.9 Å². The highest BCUT2D eigenvalue weighted by atomic mass is 35.5. The fourth-order valence-corrected chi connectivity index (χ4v) is 5.88. The second kappa shape index (κ2) is 11.3. The molecule has 0 aliphatic heterocycles. The molecule has 2 aromatic rings. The summed E-state index contributed by atoms with van der Waals surface area (Å²) in [7, 11) is 0. The Bertz CT molecular complexity index is 1250. The van der Waals surface area contributed by atoms with Crippen LogP contribution < -0.4 is 10.6 Å². The van der Waals surface area contributed by atoms with Crippen molar-refractivity contribution < 1.29 is 24.2 Å². The predicted molar refractivity (Wildman–Crippen MR) is 145 cm³/mol. The summed E-state index contributed by atoms with van der Waals surface area (Å²) in [6, 6.07) is 7.03. The Kier molecular flexibility index (Phi) is 8.33. The lowest BCUT2D eigenvalue weighted by atomic mass is 9.61. The van der Waals surface area contributed by atoms with E-state index in [1.807, 2.05) is 6.92 Å². The number of carbonyl (C=O) groups excluding carboxylic acids is 3. The molecule has 1 atom stereocenters. The van der Waals surface area contributed by atoms with E-state index in [1.165, 1.54) is 12.4 Å². The topological polar surface area (TPSA) is 118 Å². The molecule has 1 aromatic carbocycles. The highest BCUT2D eigenvalue weighted by Gasteiger charge is 2.57. The molecule has 3 N–H and O–H groups in total. The van der Waals surface area contributed by atoms with E-state index in [2.05, 4.69) is 15.6 Å². The number of amides is 1. The first-order valence-corrected chi connectivity index (χ1v) is 13.6. The molecule has 2 aliphatic carbocycles. The number of nitrogens with zero attached hydrogens (tertiary/aromatic N) is 1. The molecule has 202 valence electrons. The third-order valence-electron chi connectivity index (χ3n) is 7.50. The third-order valence-corrected chi connectivity index (χ3v) is 8.08. The van der Waals surface area contributed by atoms with Crippen molar-refractivity contribution in [1.29, 1.82) is 0 Å². The minimum absolute atomic E-state index is 0.128. The molecule has 8 nitrogen and oxygen atoms in total. The number of hydrogen-bond acceptors (Lipinski definition) is 7. The van der Waals surface area contributed by atoms with Crippen molar-refractivity contribution in [3.05, 3.63) is 69.3 Å². The lowest BCUT2D eigenvalue weighted by Crippen LogP contribution is -2.61. The maximum Gasteiger partial charge on any atom is 0.332 e. The van der Waals surface area contributed by atoms with Gasteiger partial charge in [0.05, 0.1) is 33.3 Å². The quantitative estimate of drug-likeness (QED) is 0.333. The Morgan fingerprint density at radius 2 is 1.71 bits per heavy atom. The molecule has 0 radical (unpaired) electrons. The number of esters is 1. The molecular weight excluding hydrogens is 529 g/mol. The number of Topliss-reactive ketones (excluding diaryl/α,β-unsaturated/α-hetero) is 1. The van der Waals surface area contributed by atoms with Gasteiger partial charge in [-0.1, -0.05) is 61.5 Å². The summed E-state index contributed by atoms with van der Waals surface area (Å²) in [6.07, 6.45) is 7.45. The molecule has 1 spiro atoms. The van der Waals surface area contributed by atoms with Crippen LogP contribution in [0.1, 0.15) is 68.3 Å². The van der Waals surface area contributed by atoms with Crippen molar-refractivity contribution in [2.24, 2.45) is 5.41 Å². The fraction of sp³-hybridized carbons (Fsp3) is 0.429. The number of anilines is 1. The van der Waals surface area contributed by atoms with Crippen molar-refractivity contribution in [3.8, 4) is 0 Å². The molecule has 4 rings (SSSR count). The zero-order chi connectivity index (χ0) is 27.5. The molecule has 1 fully saturated rings. The SMILES string of the molecule is CCOC(=O)[C@](CC)(Cc1ccc(NC(=O)c2c(Cl)cncc2Cl)cc1)NC1=C(O)C(=O)C12CCCCC2. The minimum atomic E-state index is -1.19. The highest BCUT2D eigenvalue weighted by Crippen LogP contribution is 2.51. The van der Waals surface area contributed by atoms with Gasteiger partial charge >= 0.3 is 5.97 Å². The van der Waals surface area contributed by atoms with Crippen LogP contribution in [0.25, 0.3) is 0 Å². The van der Waals surface area contributed by atoms with Crippen LogP contribution in [0.15, 0.2) is 48.1 Å². The van der Waals surface area contributed by atoms with Crippen LogP contribution in [0.4, 0.5) is 5.69 Å². The molecule has 1 heterocycles. The summed E-state index contributed by atoms with van der Waals surface area (Å²) in [5, 5.41) is 16.9. The number of aliphatic hydroxyl groups is 1. The van der Waals surface area contributed by atoms with Gasteiger partial charge in [-0.3, -0.25) is 14.6 Å². The van der Waals surface area contributed by atoms with Crippen molar-refractivity contribution >= 4 is 46.5 Å². The molecule has 10 heteroatoms. The lowest BCUT2D eigenvalue weighted by molar-refractivity contribution is -0.152. The normalized spacial score (nSPS) is 17.9. The zero-order valence-corrected chi connectivity index (χ0v) is 22.9. The van der Waals surface area contributed by atoms with Crippen LogP contribution in [-0.2, 0) is 20.7 Å².